The number of carboxylic acids is 1. The van der Waals surface area contributed by atoms with E-state index in [9.17, 15) is 9.59 Å². The molecule has 0 atom stereocenters. The van der Waals surface area contributed by atoms with E-state index in [0.29, 0.717) is 24.3 Å². The molecule has 0 aliphatic carbocycles. The van der Waals surface area contributed by atoms with Crippen LogP contribution in [0.4, 0.5) is 0 Å². The highest BCUT2D eigenvalue weighted by Gasteiger charge is 2.02. The summed E-state index contributed by atoms with van der Waals surface area (Å²) in [6.07, 6.45) is 0.930. The topological polar surface area (TPSA) is 89.6 Å². The Morgan fingerprint density at radius 3 is 1.79 bits per heavy atom. The van der Waals surface area contributed by atoms with Gasteiger partial charge in [-0.2, -0.15) is 0 Å². The van der Waals surface area contributed by atoms with Crippen molar-refractivity contribution in [3.05, 3.63) is 59.7 Å². The van der Waals surface area contributed by atoms with Crippen LogP contribution in [0.1, 0.15) is 31.4 Å². The average molecular weight is 329 g/mol. The molecule has 5 nitrogen and oxygen atoms in total. The van der Waals surface area contributed by atoms with Gasteiger partial charge in [-0.3, -0.25) is 9.59 Å². The number of benzene rings is 2. The Morgan fingerprint density at radius 1 is 0.917 bits per heavy atom. The third-order valence-corrected chi connectivity index (χ3v) is 3.10. The molecule has 0 radical (unpaired) electrons. The Labute approximate surface area is 142 Å². The number of aliphatic carboxylic acids is 1. The number of hydrogen-bond acceptors (Lipinski definition) is 3. The molecule has 0 heterocycles. The molecule has 2 aromatic carbocycles. The average Bonchev–Trinajstić information content (AvgIpc) is 2.57. The van der Waals surface area contributed by atoms with E-state index >= 15 is 0 Å². The summed E-state index contributed by atoms with van der Waals surface area (Å²) in [6.45, 7) is 4.00. The lowest BCUT2D eigenvalue weighted by Crippen LogP contribution is -2.11. The first kappa shape index (κ1) is 19.2. The van der Waals surface area contributed by atoms with E-state index < -0.39 is 5.97 Å². The predicted octanol–water partition coefficient (Wildman–Crippen LogP) is 3.55. The fourth-order valence-corrected chi connectivity index (χ4v) is 1.98. The van der Waals surface area contributed by atoms with E-state index in [0.717, 1.165) is 11.1 Å². The van der Waals surface area contributed by atoms with Crippen molar-refractivity contribution in [2.75, 3.05) is 0 Å². The number of nitrogens with two attached hydrogens (primary N) is 1. The largest absolute Gasteiger partial charge is 0.481 e. The molecule has 0 saturated heterocycles. The van der Waals surface area contributed by atoms with E-state index in [-0.39, 0.29) is 12.3 Å². The third kappa shape index (κ3) is 6.96. The summed E-state index contributed by atoms with van der Waals surface area (Å²) in [5, 5.41) is 8.72. The monoisotopic (exact) mass is 329 g/mol. The third-order valence-electron chi connectivity index (χ3n) is 3.10. The standard InChI is InChI=1S/C17H17NO4.C2H6/c18-16(19)10-5-12-1-6-14(7-2-12)22-15-8-3-13(4-9-15)11-17(20)21;1-2/h1-4,6-9H,5,10-11H2,(H2,18,19)(H,20,21);1-2H3. The van der Waals surface area contributed by atoms with Gasteiger partial charge in [-0.1, -0.05) is 38.1 Å². The summed E-state index contributed by atoms with van der Waals surface area (Å²) >= 11 is 0. The minimum atomic E-state index is -0.861. The number of hydrogen-bond donors (Lipinski definition) is 2. The molecular weight excluding hydrogens is 306 g/mol. The van der Waals surface area contributed by atoms with Crippen LogP contribution in [0, 0.1) is 0 Å². The summed E-state index contributed by atoms with van der Waals surface area (Å²) < 4.78 is 5.68. The second kappa shape index (κ2) is 10.0. The first-order valence-electron chi connectivity index (χ1n) is 7.89. The molecule has 0 aliphatic rings. The Kier molecular flexibility index (Phi) is 8.05. The molecule has 1 amide bonds. The highest BCUT2D eigenvalue weighted by atomic mass is 16.5. The molecule has 0 spiro atoms. The van der Waals surface area contributed by atoms with Gasteiger partial charge < -0.3 is 15.6 Å². The van der Waals surface area contributed by atoms with Crippen molar-refractivity contribution in [1.82, 2.24) is 0 Å². The minimum absolute atomic E-state index is 0.00512. The van der Waals surface area contributed by atoms with Crippen LogP contribution in [0.3, 0.4) is 0 Å². The summed E-state index contributed by atoms with van der Waals surface area (Å²) in [4.78, 5) is 21.3. The van der Waals surface area contributed by atoms with Crippen LogP contribution < -0.4 is 10.5 Å². The maximum atomic E-state index is 10.7. The Hall–Kier alpha value is -2.82. The minimum Gasteiger partial charge on any atom is -0.481 e. The SMILES string of the molecule is CC.NC(=O)CCc1ccc(Oc2ccc(CC(=O)O)cc2)cc1. The molecule has 2 rings (SSSR count). The highest BCUT2D eigenvalue weighted by Crippen LogP contribution is 2.22. The van der Waals surface area contributed by atoms with Crippen LogP contribution in [0.25, 0.3) is 0 Å². The zero-order chi connectivity index (χ0) is 17.9. The van der Waals surface area contributed by atoms with Gasteiger partial charge in [-0.05, 0) is 41.8 Å². The molecule has 5 heteroatoms. The Bertz CT molecular complexity index is 648. The van der Waals surface area contributed by atoms with Crippen molar-refractivity contribution in [2.24, 2.45) is 5.73 Å². The molecule has 0 bridgehead atoms. The molecule has 24 heavy (non-hydrogen) atoms. The van der Waals surface area contributed by atoms with Crippen LogP contribution >= 0.6 is 0 Å². The van der Waals surface area contributed by atoms with Gasteiger partial charge in [-0.15, -0.1) is 0 Å². The lowest BCUT2D eigenvalue weighted by Gasteiger charge is -2.07. The van der Waals surface area contributed by atoms with Crippen molar-refractivity contribution < 1.29 is 19.4 Å². The molecule has 0 fully saturated rings. The fraction of sp³-hybridized carbons (Fsp3) is 0.263. The number of aryl methyl sites for hydroxylation is 1. The van der Waals surface area contributed by atoms with E-state index in [1.165, 1.54) is 0 Å². The number of carbonyl (C=O) groups is 2. The molecule has 3 N–H and O–H groups in total. The van der Waals surface area contributed by atoms with E-state index in [4.69, 9.17) is 15.6 Å². The van der Waals surface area contributed by atoms with E-state index in [2.05, 4.69) is 0 Å². The maximum absolute atomic E-state index is 10.7. The summed E-state index contributed by atoms with van der Waals surface area (Å²) in [7, 11) is 0. The van der Waals surface area contributed by atoms with Gasteiger partial charge in [0.15, 0.2) is 0 Å². The first-order valence-corrected chi connectivity index (χ1v) is 7.89. The smallest absolute Gasteiger partial charge is 0.307 e. The lowest BCUT2D eigenvalue weighted by atomic mass is 10.1. The van der Waals surface area contributed by atoms with Crippen LogP contribution in [-0.2, 0) is 22.4 Å². The number of carboxylic acid groups (broad SMARTS) is 1. The molecule has 0 unspecified atom stereocenters. The predicted molar refractivity (Wildman–Crippen MR) is 93.2 cm³/mol. The molecule has 2 aromatic rings. The fourth-order valence-electron chi connectivity index (χ4n) is 1.98. The number of rotatable bonds is 7. The zero-order valence-electron chi connectivity index (χ0n) is 14.0. The second-order valence-electron chi connectivity index (χ2n) is 4.93. The maximum Gasteiger partial charge on any atom is 0.307 e. The summed E-state index contributed by atoms with van der Waals surface area (Å²) in [5.74, 6) is 0.134. The lowest BCUT2D eigenvalue weighted by molar-refractivity contribution is -0.136. The van der Waals surface area contributed by atoms with Crippen LogP contribution in [-0.4, -0.2) is 17.0 Å². The summed E-state index contributed by atoms with van der Waals surface area (Å²) in [6, 6.07) is 14.3. The van der Waals surface area contributed by atoms with Gasteiger partial charge in [0.2, 0.25) is 5.91 Å². The van der Waals surface area contributed by atoms with Crippen molar-refractivity contribution >= 4 is 11.9 Å². The number of primary amides is 1. The van der Waals surface area contributed by atoms with Gasteiger partial charge in [-0.25, -0.2) is 0 Å². The highest BCUT2D eigenvalue weighted by molar-refractivity contribution is 5.74. The molecule has 0 aromatic heterocycles. The molecule has 128 valence electrons. The van der Waals surface area contributed by atoms with Crippen LogP contribution in [0.2, 0.25) is 0 Å². The number of carbonyl (C=O) groups excluding carboxylic acids is 1. The van der Waals surface area contributed by atoms with Crippen molar-refractivity contribution in [1.29, 1.82) is 0 Å². The van der Waals surface area contributed by atoms with Gasteiger partial charge in [0, 0.05) is 6.42 Å². The summed E-state index contributed by atoms with van der Waals surface area (Å²) in [5.41, 5.74) is 6.85. The van der Waals surface area contributed by atoms with Gasteiger partial charge in [0.25, 0.3) is 0 Å². The van der Waals surface area contributed by atoms with Crippen molar-refractivity contribution in [3.63, 3.8) is 0 Å². The van der Waals surface area contributed by atoms with Crippen LogP contribution in [0.5, 0.6) is 11.5 Å². The Morgan fingerprint density at radius 2 is 1.38 bits per heavy atom. The van der Waals surface area contributed by atoms with Crippen LogP contribution in [0.15, 0.2) is 48.5 Å². The molecule has 0 aliphatic heterocycles. The van der Waals surface area contributed by atoms with Gasteiger partial charge >= 0.3 is 5.97 Å². The van der Waals surface area contributed by atoms with E-state index in [1.54, 1.807) is 24.3 Å². The number of ether oxygens (including phenoxy) is 1. The van der Waals surface area contributed by atoms with Gasteiger partial charge in [0.1, 0.15) is 11.5 Å². The molecule has 0 saturated carbocycles. The van der Waals surface area contributed by atoms with Crippen molar-refractivity contribution in [3.8, 4) is 11.5 Å². The number of amides is 1. The molecular formula is C19H23NO4. The normalized spacial score (nSPS) is 9.58. The van der Waals surface area contributed by atoms with E-state index in [1.807, 2.05) is 38.1 Å². The van der Waals surface area contributed by atoms with Crippen molar-refractivity contribution in [2.45, 2.75) is 33.1 Å². The van der Waals surface area contributed by atoms with Gasteiger partial charge in [0.05, 0.1) is 6.42 Å². The zero-order valence-corrected chi connectivity index (χ0v) is 14.0. The second-order valence-corrected chi connectivity index (χ2v) is 4.93. The first-order chi connectivity index (χ1) is 11.5. The quantitative estimate of drug-likeness (QED) is 0.813. The Balaban J connectivity index is 0.00000139.